The number of aliphatic imine (C=N–C) groups is 1. The number of hydrogen-bond donors (Lipinski definition) is 2. The number of carbonyl (C=O) groups is 1. The van der Waals surface area contributed by atoms with Crippen molar-refractivity contribution in [2.45, 2.75) is 38.8 Å². The summed E-state index contributed by atoms with van der Waals surface area (Å²) in [6, 6.07) is 0.0661. The van der Waals surface area contributed by atoms with Gasteiger partial charge in [-0.15, -0.1) is 0 Å². The second-order valence-electron chi connectivity index (χ2n) is 6.66. The van der Waals surface area contributed by atoms with Crippen LogP contribution in [-0.2, 0) is 14.2 Å². The Hall–Kier alpha value is -1.54. The van der Waals surface area contributed by atoms with E-state index in [1.54, 1.807) is 14.2 Å². The molecule has 24 heavy (non-hydrogen) atoms. The Balaban J connectivity index is 2.28. The van der Waals surface area contributed by atoms with E-state index in [-0.39, 0.29) is 12.1 Å². The summed E-state index contributed by atoms with van der Waals surface area (Å²) in [5.74, 6) is 0.818. The van der Waals surface area contributed by atoms with Crippen molar-refractivity contribution < 1.29 is 19.0 Å². The first kappa shape index (κ1) is 20.5. The first-order valence-electron chi connectivity index (χ1n) is 8.37. The fraction of sp³-hybridized carbons (Fsp3) is 0.875. The fourth-order valence-corrected chi connectivity index (χ4v) is 2.36. The van der Waals surface area contributed by atoms with Gasteiger partial charge in [-0.2, -0.15) is 0 Å². The maximum Gasteiger partial charge on any atom is 0.407 e. The van der Waals surface area contributed by atoms with Crippen molar-refractivity contribution in [2.24, 2.45) is 4.99 Å². The average molecular weight is 344 g/mol. The molecule has 0 aromatic heterocycles. The third-order valence-corrected chi connectivity index (χ3v) is 3.38. The molecule has 0 spiro atoms. The van der Waals surface area contributed by atoms with Crippen molar-refractivity contribution in [3.8, 4) is 0 Å². The molecule has 1 unspecified atom stereocenters. The average Bonchev–Trinajstić information content (AvgIpc) is 2.92. The number of guanidine groups is 1. The van der Waals surface area contributed by atoms with Gasteiger partial charge in [0.25, 0.3) is 0 Å². The number of alkyl carbamates (subject to hydrolysis) is 1. The van der Waals surface area contributed by atoms with E-state index in [1.807, 2.05) is 20.8 Å². The number of rotatable bonds is 7. The molecule has 0 saturated carbocycles. The topological polar surface area (TPSA) is 84.4 Å². The highest BCUT2D eigenvalue weighted by atomic mass is 16.6. The Morgan fingerprint density at radius 2 is 2.04 bits per heavy atom. The molecule has 1 amide bonds. The van der Waals surface area contributed by atoms with Gasteiger partial charge in [0.15, 0.2) is 5.96 Å². The summed E-state index contributed by atoms with van der Waals surface area (Å²) < 4.78 is 15.6. The molecule has 140 valence electrons. The lowest BCUT2D eigenvalue weighted by Gasteiger charge is -2.23. The lowest BCUT2D eigenvalue weighted by molar-refractivity contribution is 0.0507. The number of methoxy groups -OCH3 is 1. The normalized spacial score (nSPS) is 18.6. The fourth-order valence-electron chi connectivity index (χ4n) is 2.36. The Bertz CT molecular complexity index is 409. The minimum atomic E-state index is -0.483. The van der Waals surface area contributed by atoms with E-state index in [0.717, 1.165) is 18.9 Å². The number of nitrogens with one attached hydrogen (secondary N) is 2. The highest BCUT2D eigenvalue weighted by Gasteiger charge is 2.27. The zero-order valence-electron chi connectivity index (χ0n) is 15.6. The molecule has 0 bridgehead atoms. The summed E-state index contributed by atoms with van der Waals surface area (Å²) in [6.07, 6.45) is 0.494. The van der Waals surface area contributed by atoms with Gasteiger partial charge in [0, 0.05) is 33.8 Å². The molecule has 0 radical (unpaired) electrons. The zero-order valence-corrected chi connectivity index (χ0v) is 15.6. The Labute approximate surface area is 144 Å². The van der Waals surface area contributed by atoms with E-state index in [2.05, 4.69) is 20.5 Å². The Morgan fingerprint density at radius 1 is 1.29 bits per heavy atom. The van der Waals surface area contributed by atoms with E-state index >= 15 is 0 Å². The van der Waals surface area contributed by atoms with Crippen molar-refractivity contribution >= 4 is 12.1 Å². The molecule has 8 heteroatoms. The van der Waals surface area contributed by atoms with Crippen LogP contribution in [0, 0.1) is 0 Å². The number of amides is 1. The second-order valence-corrected chi connectivity index (χ2v) is 6.66. The minimum Gasteiger partial charge on any atom is -0.444 e. The molecular weight excluding hydrogens is 312 g/mol. The monoisotopic (exact) mass is 344 g/mol. The molecule has 8 nitrogen and oxygen atoms in total. The van der Waals surface area contributed by atoms with Gasteiger partial charge in [-0.1, -0.05) is 0 Å². The molecular formula is C16H32N4O4. The first-order valence-corrected chi connectivity index (χ1v) is 8.37. The number of likely N-dealkylation sites (tertiary alicyclic amines) is 1. The van der Waals surface area contributed by atoms with Gasteiger partial charge in [-0.3, -0.25) is 4.99 Å². The summed E-state index contributed by atoms with van der Waals surface area (Å²) in [4.78, 5) is 18.2. The molecule has 1 aliphatic heterocycles. The lowest BCUT2D eigenvalue weighted by Crippen LogP contribution is -2.44. The highest BCUT2D eigenvalue weighted by Crippen LogP contribution is 2.11. The van der Waals surface area contributed by atoms with Gasteiger partial charge < -0.3 is 29.7 Å². The predicted octanol–water partition coefficient (Wildman–Crippen LogP) is 0.824. The van der Waals surface area contributed by atoms with Gasteiger partial charge in [0.05, 0.1) is 25.9 Å². The predicted molar refractivity (Wildman–Crippen MR) is 93.4 cm³/mol. The molecule has 1 fully saturated rings. The van der Waals surface area contributed by atoms with E-state index in [1.165, 1.54) is 0 Å². The molecule has 1 heterocycles. The van der Waals surface area contributed by atoms with Crippen LogP contribution in [0.2, 0.25) is 0 Å². The summed E-state index contributed by atoms with van der Waals surface area (Å²) >= 11 is 0. The van der Waals surface area contributed by atoms with Crippen LogP contribution >= 0.6 is 0 Å². The van der Waals surface area contributed by atoms with Gasteiger partial charge in [0.1, 0.15) is 5.60 Å². The van der Waals surface area contributed by atoms with Crippen LogP contribution in [0.3, 0.4) is 0 Å². The molecule has 0 aromatic rings. The second kappa shape index (κ2) is 10.4. The van der Waals surface area contributed by atoms with E-state index in [9.17, 15) is 4.79 Å². The smallest absolute Gasteiger partial charge is 0.407 e. The standard InChI is InChI=1S/C16H32N4O4/c1-16(2,3)24-15(21)19-13-6-8-20(12-13)14(17-4)18-7-9-23-11-10-22-5/h13H,6-12H2,1-5H3,(H,17,18)(H,19,21). The molecule has 0 aliphatic carbocycles. The van der Waals surface area contributed by atoms with Crippen molar-refractivity contribution in [2.75, 3.05) is 53.6 Å². The van der Waals surface area contributed by atoms with Crippen molar-refractivity contribution in [1.82, 2.24) is 15.5 Å². The Morgan fingerprint density at radius 3 is 2.67 bits per heavy atom. The quantitative estimate of drug-likeness (QED) is 0.404. The van der Waals surface area contributed by atoms with E-state index < -0.39 is 5.60 Å². The number of ether oxygens (including phenoxy) is 3. The van der Waals surface area contributed by atoms with Gasteiger partial charge >= 0.3 is 6.09 Å². The maximum absolute atomic E-state index is 11.8. The van der Waals surface area contributed by atoms with Crippen molar-refractivity contribution in [3.63, 3.8) is 0 Å². The van der Waals surface area contributed by atoms with E-state index in [4.69, 9.17) is 14.2 Å². The lowest BCUT2D eigenvalue weighted by atomic mass is 10.2. The number of carbonyl (C=O) groups excluding carboxylic acids is 1. The van der Waals surface area contributed by atoms with Crippen molar-refractivity contribution in [3.05, 3.63) is 0 Å². The van der Waals surface area contributed by atoms with Crippen LogP contribution in [0.4, 0.5) is 4.79 Å². The molecule has 2 N–H and O–H groups in total. The van der Waals surface area contributed by atoms with Crippen LogP contribution in [-0.4, -0.2) is 82.2 Å². The summed E-state index contributed by atoms with van der Waals surface area (Å²) in [7, 11) is 3.40. The highest BCUT2D eigenvalue weighted by molar-refractivity contribution is 5.80. The van der Waals surface area contributed by atoms with Gasteiger partial charge in [-0.05, 0) is 27.2 Å². The summed E-state index contributed by atoms with van der Waals surface area (Å²) in [6.45, 7) is 9.57. The molecule has 1 saturated heterocycles. The molecule has 1 aliphatic rings. The minimum absolute atomic E-state index is 0.0661. The third kappa shape index (κ3) is 8.35. The van der Waals surface area contributed by atoms with Gasteiger partial charge in [0.2, 0.25) is 0 Å². The number of hydrogen-bond acceptors (Lipinski definition) is 5. The summed E-state index contributed by atoms with van der Waals surface area (Å²) in [5, 5.41) is 6.18. The van der Waals surface area contributed by atoms with Crippen LogP contribution in [0.1, 0.15) is 27.2 Å². The van der Waals surface area contributed by atoms with Crippen LogP contribution in [0.5, 0.6) is 0 Å². The van der Waals surface area contributed by atoms with Crippen LogP contribution < -0.4 is 10.6 Å². The SMILES string of the molecule is CN=C(NCCOCCOC)N1CCC(NC(=O)OC(C)(C)C)C1. The Kier molecular flexibility index (Phi) is 8.84. The van der Waals surface area contributed by atoms with E-state index in [0.29, 0.717) is 32.9 Å². The van der Waals surface area contributed by atoms with Crippen LogP contribution in [0.25, 0.3) is 0 Å². The largest absolute Gasteiger partial charge is 0.444 e. The maximum atomic E-state index is 11.8. The van der Waals surface area contributed by atoms with Crippen LogP contribution in [0.15, 0.2) is 4.99 Å². The molecule has 1 atom stereocenters. The molecule has 0 aromatic carbocycles. The summed E-state index contributed by atoms with van der Waals surface area (Å²) in [5.41, 5.74) is -0.483. The van der Waals surface area contributed by atoms with Crippen molar-refractivity contribution in [1.29, 1.82) is 0 Å². The first-order chi connectivity index (χ1) is 11.4. The van der Waals surface area contributed by atoms with Gasteiger partial charge in [-0.25, -0.2) is 4.79 Å². The third-order valence-electron chi connectivity index (χ3n) is 3.38. The molecule has 1 rings (SSSR count). The number of nitrogens with zero attached hydrogens (tertiary/aromatic N) is 2. The zero-order chi connectivity index (χ0) is 18.0.